The summed E-state index contributed by atoms with van der Waals surface area (Å²) in [6, 6.07) is 5.75. The third-order valence-electron chi connectivity index (χ3n) is 4.95. The molecule has 0 radical (unpaired) electrons. The van der Waals surface area contributed by atoms with Crippen LogP contribution in [0.1, 0.15) is 40.2 Å². The molecule has 1 saturated heterocycles. The van der Waals surface area contributed by atoms with Crippen molar-refractivity contribution in [2.45, 2.75) is 39.7 Å². The zero-order valence-electron chi connectivity index (χ0n) is 16.6. The monoisotopic (exact) mass is 382 g/mol. The van der Waals surface area contributed by atoms with E-state index in [9.17, 15) is 9.59 Å². The van der Waals surface area contributed by atoms with Crippen molar-refractivity contribution >= 4 is 17.5 Å². The quantitative estimate of drug-likeness (QED) is 0.830. The molecule has 1 aliphatic heterocycles. The van der Waals surface area contributed by atoms with Gasteiger partial charge in [-0.05, 0) is 50.8 Å². The van der Waals surface area contributed by atoms with E-state index in [4.69, 9.17) is 4.74 Å². The fraction of sp³-hybridized carbons (Fsp3) is 0.429. The van der Waals surface area contributed by atoms with Crippen molar-refractivity contribution in [3.63, 3.8) is 0 Å². The van der Waals surface area contributed by atoms with Gasteiger partial charge in [-0.2, -0.15) is 0 Å². The van der Waals surface area contributed by atoms with Crippen LogP contribution in [0.5, 0.6) is 0 Å². The Labute approximate surface area is 165 Å². The van der Waals surface area contributed by atoms with E-state index in [1.807, 2.05) is 39.0 Å². The first-order valence-electron chi connectivity index (χ1n) is 9.49. The van der Waals surface area contributed by atoms with Crippen LogP contribution in [0.4, 0.5) is 5.69 Å². The zero-order chi connectivity index (χ0) is 20.1. The molecule has 2 heterocycles. The van der Waals surface area contributed by atoms with Crippen molar-refractivity contribution < 1.29 is 14.3 Å². The molecular formula is C21H26N4O3. The van der Waals surface area contributed by atoms with Gasteiger partial charge in [0.2, 0.25) is 5.91 Å². The maximum Gasteiger partial charge on any atom is 0.274 e. The van der Waals surface area contributed by atoms with E-state index in [2.05, 4.69) is 15.3 Å². The molecule has 0 bridgehead atoms. The summed E-state index contributed by atoms with van der Waals surface area (Å²) in [6.45, 7) is 6.74. The van der Waals surface area contributed by atoms with Gasteiger partial charge in [0.05, 0.1) is 18.0 Å². The number of anilines is 1. The van der Waals surface area contributed by atoms with Crippen molar-refractivity contribution in [2.24, 2.45) is 0 Å². The number of carbonyl (C=O) groups is 2. The molecule has 0 aliphatic carbocycles. The fourth-order valence-electron chi connectivity index (χ4n) is 3.17. The van der Waals surface area contributed by atoms with E-state index in [1.165, 1.54) is 11.1 Å². The van der Waals surface area contributed by atoms with Gasteiger partial charge in [-0.25, -0.2) is 4.98 Å². The van der Waals surface area contributed by atoms with Gasteiger partial charge in [-0.1, -0.05) is 12.1 Å². The smallest absolute Gasteiger partial charge is 0.274 e. The van der Waals surface area contributed by atoms with Crippen molar-refractivity contribution in [2.75, 3.05) is 25.0 Å². The standard InChI is InChI=1S/C21H26N4O3/c1-14-6-4-8-18(16(14)3)24-20(26)13-25(12-17-7-5-9-28-17)21(27)19-11-22-15(2)10-23-19/h4,6,8,10-11,17H,5,7,9,12-13H2,1-3H3,(H,24,26). The van der Waals surface area contributed by atoms with E-state index >= 15 is 0 Å². The van der Waals surface area contributed by atoms with Gasteiger partial charge >= 0.3 is 0 Å². The molecule has 7 nitrogen and oxygen atoms in total. The number of nitrogens with one attached hydrogen (secondary N) is 1. The Kier molecular flexibility index (Phi) is 6.36. The number of hydrogen-bond donors (Lipinski definition) is 1. The molecule has 148 valence electrons. The second kappa shape index (κ2) is 8.93. The molecule has 7 heteroatoms. The summed E-state index contributed by atoms with van der Waals surface area (Å²) in [5, 5.41) is 2.91. The van der Waals surface area contributed by atoms with Gasteiger partial charge in [0.15, 0.2) is 0 Å². The molecule has 28 heavy (non-hydrogen) atoms. The molecule has 0 spiro atoms. The van der Waals surface area contributed by atoms with Crippen molar-refractivity contribution in [1.29, 1.82) is 0 Å². The maximum atomic E-state index is 12.9. The lowest BCUT2D eigenvalue weighted by Crippen LogP contribution is -2.42. The summed E-state index contributed by atoms with van der Waals surface area (Å²) in [5.74, 6) is -0.570. The lowest BCUT2D eigenvalue weighted by Gasteiger charge is -2.25. The predicted octanol–water partition coefficient (Wildman–Crippen LogP) is 2.66. The number of benzene rings is 1. The van der Waals surface area contributed by atoms with Crippen LogP contribution in [0.2, 0.25) is 0 Å². The molecule has 2 amide bonds. The van der Waals surface area contributed by atoms with Crippen LogP contribution < -0.4 is 5.32 Å². The molecule has 3 rings (SSSR count). The third-order valence-corrected chi connectivity index (χ3v) is 4.95. The lowest BCUT2D eigenvalue weighted by molar-refractivity contribution is -0.117. The van der Waals surface area contributed by atoms with Gasteiger partial charge in [-0.15, -0.1) is 0 Å². The highest BCUT2D eigenvalue weighted by atomic mass is 16.5. The van der Waals surface area contributed by atoms with Crippen molar-refractivity contribution in [3.05, 3.63) is 53.1 Å². The zero-order valence-corrected chi connectivity index (χ0v) is 16.6. The van der Waals surface area contributed by atoms with Gasteiger partial charge in [0, 0.05) is 25.0 Å². The largest absolute Gasteiger partial charge is 0.376 e. The van der Waals surface area contributed by atoms with Crippen LogP contribution >= 0.6 is 0 Å². The molecule has 2 aromatic rings. The Hall–Kier alpha value is -2.80. The summed E-state index contributed by atoms with van der Waals surface area (Å²) in [4.78, 5) is 35.4. The van der Waals surface area contributed by atoms with Gasteiger partial charge in [0.1, 0.15) is 12.2 Å². The van der Waals surface area contributed by atoms with E-state index in [-0.39, 0.29) is 30.2 Å². The van der Waals surface area contributed by atoms with E-state index in [0.717, 1.165) is 35.3 Å². The topological polar surface area (TPSA) is 84.4 Å². The van der Waals surface area contributed by atoms with Crippen molar-refractivity contribution in [1.82, 2.24) is 14.9 Å². The summed E-state index contributed by atoms with van der Waals surface area (Å²) in [5.41, 5.74) is 3.82. The molecule has 1 aliphatic rings. The summed E-state index contributed by atoms with van der Waals surface area (Å²) >= 11 is 0. The number of nitrogens with zero attached hydrogens (tertiary/aromatic N) is 3. The Morgan fingerprint density at radius 3 is 2.71 bits per heavy atom. The maximum absolute atomic E-state index is 12.9. The van der Waals surface area contributed by atoms with Crippen molar-refractivity contribution in [3.8, 4) is 0 Å². The second-order valence-corrected chi connectivity index (χ2v) is 7.16. The predicted molar refractivity (Wildman–Crippen MR) is 106 cm³/mol. The Balaban J connectivity index is 1.74. The molecule has 0 saturated carbocycles. The third kappa shape index (κ3) is 4.92. The Bertz CT molecular complexity index is 845. The number of rotatable bonds is 6. The normalized spacial score (nSPS) is 16.0. The number of amides is 2. The first-order valence-corrected chi connectivity index (χ1v) is 9.49. The van der Waals surface area contributed by atoms with E-state index in [1.54, 1.807) is 6.20 Å². The second-order valence-electron chi connectivity index (χ2n) is 7.16. The number of carbonyl (C=O) groups excluding carboxylic acids is 2. The highest BCUT2D eigenvalue weighted by Gasteiger charge is 2.26. The highest BCUT2D eigenvalue weighted by molar-refractivity contribution is 5.98. The lowest BCUT2D eigenvalue weighted by atomic mass is 10.1. The minimum Gasteiger partial charge on any atom is -0.376 e. The van der Waals surface area contributed by atoms with Crippen LogP contribution in [0.15, 0.2) is 30.6 Å². The fourth-order valence-corrected chi connectivity index (χ4v) is 3.17. The average Bonchev–Trinajstić information content (AvgIpc) is 3.18. The minimum atomic E-state index is -0.320. The molecule has 1 unspecified atom stereocenters. The number of aromatic nitrogens is 2. The average molecular weight is 382 g/mol. The Morgan fingerprint density at radius 2 is 2.04 bits per heavy atom. The van der Waals surface area contributed by atoms with Crippen LogP contribution in [-0.2, 0) is 9.53 Å². The van der Waals surface area contributed by atoms with Crippen LogP contribution in [0.3, 0.4) is 0 Å². The molecular weight excluding hydrogens is 356 g/mol. The SMILES string of the molecule is Cc1cnc(C(=O)N(CC(=O)Nc2cccc(C)c2C)CC2CCCO2)cn1. The number of ether oxygens (including phenoxy) is 1. The molecule has 1 fully saturated rings. The van der Waals surface area contributed by atoms with Crippen LogP contribution in [0.25, 0.3) is 0 Å². The summed E-state index contributed by atoms with van der Waals surface area (Å²) < 4.78 is 5.66. The van der Waals surface area contributed by atoms with Gasteiger partial charge < -0.3 is 15.0 Å². The number of hydrogen-bond acceptors (Lipinski definition) is 5. The highest BCUT2D eigenvalue weighted by Crippen LogP contribution is 2.19. The summed E-state index contributed by atoms with van der Waals surface area (Å²) in [6.07, 6.45) is 4.78. The Morgan fingerprint density at radius 1 is 1.21 bits per heavy atom. The molecule has 1 N–H and O–H groups in total. The first kappa shape index (κ1) is 19.9. The molecule has 1 atom stereocenters. The van der Waals surface area contributed by atoms with Gasteiger partial charge in [-0.3, -0.25) is 14.6 Å². The molecule has 1 aromatic heterocycles. The number of aryl methyl sites for hydroxylation is 2. The first-order chi connectivity index (χ1) is 13.4. The van der Waals surface area contributed by atoms with Crippen LogP contribution in [0, 0.1) is 20.8 Å². The van der Waals surface area contributed by atoms with E-state index < -0.39 is 0 Å². The van der Waals surface area contributed by atoms with E-state index in [0.29, 0.717) is 13.2 Å². The van der Waals surface area contributed by atoms with Crippen LogP contribution in [-0.4, -0.2) is 52.5 Å². The molecule has 1 aromatic carbocycles. The van der Waals surface area contributed by atoms with Gasteiger partial charge in [0.25, 0.3) is 5.91 Å². The minimum absolute atomic E-state index is 0.0594. The summed E-state index contributed by atoms with van der Waals surface area (Å²) in [7, 11) is 0.